The lowest BCUT2D eigenvalue weighted by Gasteiger charge is -2.21. The maximum absolute atomic E-state index is 12.4. The maximum atomic E-state index is 12.4. The Morgan fingerprint density at radius 1 is 1.17 bits per heavy atom. The molecule has 2 bridgehead atoms. The molecule has 2 aliphatic rings. The number of carboxylic acids is 1. The van der Waals surface area contributed by atoms with E-state index in [9.17, 15) is 18.0 Å². The number of hydrogen-bond acceptors (Lipinski definition) is 4. The standard InChI is InChI=1S/C14H15ClN2O5S/c15-12-7-8(1-6-11(12)14(19)20)13(18)16-23(21,22)17-9-2-3-10(17)5-4-9/h1,6-7,9-10H,2-5H2,(H,16,18)(H,19,20). The summed E-state index contributed by atoms with van der Waals surface area (Å²) in [6, 6.07) is 3.48. The highest BCUT2D eigenvalue weighted by molar-refractivity contribution is 7.87. The third-order valence-electron chi connectivity index (χ3n) is 4.35. The SMILES string of the molecule is O=C(NS(=O)(=O)N1C2CCC1CC2)c1ccc(C(=O)O)c(Cl)c1. The van der Waals surface area contributed by atoms with Crippen LogP contribution >= 0.6 is 11.6 Å². The van der Waals surface area contributed by atoms with Crippen molar-refractivity contribution in [1.29, 1.82) is 0 Å². The van der Waals surface area contributed by atoms with Crippen LogP contribution in [0.3, 0.4) is 0 Å². The van der Waals surface area contributed by atoms with Crippen LogP contribution in [0.15, 0.2) is 18.2 Å². The summed E-state index contributed by atoms with van der Waals surface area (Å²) in [4.78, 5) is 23.1. The van der Waals surface area contributed by atoms with Crippen LogP contribution in [0, 0.1) is 0 Å². The number of aromatic carboxylic acids is 1. The predicted molar refractivity (Wildman–Crippen MR) is 82.7 cm³/mol. The van der Waals surface area contributed by atoms with E-state index in [1.165, 1.54) is 16.4 Å². The summed E-state index contributed by atoms with van der Waals surface area (Å²) in [7, 11) is -3.91. The average molecular weight is 359 g/mol. The number of carbonyl (C=O) groups excluding carboxylic acids is 1. The number of carbonyl (C=O) groups is 2. The first kappa shape index (κ1) is 16.2. The van der Waals surface area contributed by atoms with Gasteiger partial charge in [0.25, 0.3) is 5.91 Å². The number of fused-ring (bicyclic) bond motifs is 2. The van der Waals surface area contributed by atoms with Crippen molar-refractivity contribution >= 4 is 33.7 Å². The van der Waals surface area contributed by atoms with E-state index in [2.05, 4.69) is 0 Å². The van der Waals surface area contributed by atoms with Crippen LogP contribution < -0.4 is 4.72 Å². The van der Waals surface area contributed by atoms with Crippen LogP contribution in [-0.4, -0.2) is 41.8 Å². The molecule has 2 heterocycles. The third kappa shape index (κ3) is 2.93. The minimum Gasteiger partial charge on any atom is -0.478 e. The molecule has 3 rings (SSSR count). The predicted octanol–water partition coefficient (Wildman–Crippen LogP) is 1.64. The van der Waals surface area contributed by atoms with Crippen LogP contribution in [0.2, 0.25) is 5.02 Å². The summed E-state index contributed by atoms with van der Waals surface area (Å²) in [5, 5.41) is 8.78. The molecule has 0 aromatic heterocycles. The van der Waals surface area contributed by atoms with Crippen molar-refractivity contribution in [2.75, 3.05) is 0 Å². The number of hydrogen-bond donors (Lipinski definition) is 2. The van der Waals surface area contributed by atoms with Crippen molar-refractivity contribution < 1.29 is 23.1 Å². The van der Waals surface area contributed by atoms with Gasteiger partial charge in [-0.3, -0.25) is 4.79 Å². The van der Waals surface area contributed by atoms with Crippen molar-refractivity contribution in [2.24, 2.45) is 0 Å². The minimum atomic E-state index is -3.91. The van der Waals surface area contributed by atoms with Gasteiger partial charge in [0.05, 0.1) is 10.6 Å². The average Bonchev–Trinajstić information content (AvgIpc) is 3.07. The third-order valence-corrected chi connectivity index (χ3v) is 6.25. The highest BCUT2D eigenvalue weighted by atomic mass is 35.5. The highest BCUT2D eigenvalue weighted by Crippen LogP contribution is 2.39. The number of nitrogens with zero attached hydrogens (tertiary/aromatic N) is 1. The van der Waals surface area contributed by atoms with E-state index in [-0.39, 0.29) is 28.2 Å². The van der Waals surface area contributed by atoms with Gasteiger partial charge >= 0.3 is 16.2 Å². The Morgan fingerprint density at radius 2 is 1.74 bits per heavy atom. The molecule has 0 aliphatic carbocycles. The smallest absolute Gasteiger partial charge is 0.337 e. The second-order valence-electron chi connectivity index (χ2n) is 5.73. The summed E-state index contributed by atoms with van der Waals surface area (Å²) >= 11 is 5.80. The molecule has 0 spiro atoms. The van der Waals surface area contributed by atoms with Crippen LogP contribution in [0.4, 0.5) is 0 Å². The molecule has 1 aromatic carbocycles. The van der Waals surface area contributed by atoms with E-state index in [1.807, 2.05) is 4.72 Å². The molecule has 2 N–H and O–H groups in total. The highest BCUT2D eigenvalue weighted by Gasteiger charge is 2.46. The van der Waals surface area contributed by atoms with Crippen molar-refractivity contribution in [3.05, 3.63) is 34.3 Å². The summed E-state index contributed by atoms with van der Waals surface area (Å²) in [6.07, 6.45) is 3.27. The lowest BCUT2D eigenvalue weighted by atomic mass is 10.0. The van der Waals surface area contributed by atoms with E-state index in [0.29, 0.717) is 0 Å². The molecule has 23 heavy (non-hydrogen) atoms. The van der Waals surface area contributed by atoms with Gasteiger partial charge in [0.2, 0.25) is 0 Å². The van der Waals surface area contributed by atoms with Gasteiger partial charge in [-0.15, -0.1) is 0 Å². The topological polar surface area (TPSA) is 104 Å². The number of benzene rings is 1. The van der Waals surface area contributed by atoms with Crippen LogP contribution in [-0.2, 0) is 10.2 Å². The van der Waals surface area contributed by atoms with E-state index in [4.69, 9.17) is 16.7 Å². The van der Waals surface area contributed by atoms with E-state index >= 15 is 0 Å². The number of nitrogens with one attached hydrogen (secondary N) is 1. The monoisotopic (exact) mass is 358 g/mol. The summed E-state index contributed by atoms with van der Waals surface area (Å²) < 4.78 is 28.2. The zero-order chi connectivity index (χ0) is 16.8. The Hall–Kier alpha value is -1.64. The Balaban J connectivity index is 1.79. The molecule has 0 saturated carbocycles. The summed E-state index contributed by atoms with van der Waals surface area (Å²) in [5.41, 5.74) is -0.154. The van der Waals surface area contributed by atoms with Gasteiger partial charge in [-0.2, -0.15) is 12.7 Å². The van der Waals surface area contributed by atoms with E-state index < -0.39 is 22.1 Å². The maximum Gasteiger partial charge on any atom is 0.337 e. The molecule has 0 unspecified atom stereocenters. The second kappa shape index (κ2) is 5.77. The Morgan fingerprint density at radius 3 is 2.22 bits per heavy atom. The molecule has 7 nitrogen and oxygen atoms in total. The van der Waals surface area contributed by atoms with Crippen LogP contribution in [0.1, 0.15) is 46.4 Å². The fourth-order valence-electron chi connectivity index (χ4n) is 3.32. The first-order valence-electron chi connectivity index (χ1n) is 7.18. The van der Waals surface area contributed by atoms with Crippen molar-refractivity contribution in [1.82, 2.24) is 9.03 Å². The molecule has 9 heteroatoms. The van der Waals surface area contributed by atoms with Crippen molar-refractivity contribution in [3.8, 4) is 0 Å². The Kier molecular flexibility index (Phi) is 4.07. The van der Waals surface area contributed by atoms with Gasteiger partial charge in [-0.25, -0.2) is 9.52 Å². The molecule has 2 aliphatic heterocycles. The molecule has 124 valence electrons. The first-order valence-corrected chi connectivity index (χ1v) is 9.00. The largest absolute Gasteiger partial charge is 0.478 e. The number of carboxylic acid groups (broad SMARTS) is 1. The van der Waals surface area contributed by atoms with Crippen LogP contribution in [0.5, 0.6) is 0 Å². The van der Waals surface area contributed by atoms with E-state index in [1.54, 1.807) is 0 Å². The van der Waals surface area contributed by atoms with Gasteiger partial charge in [0.1, 0.15) is 0 Å². The fourth-order valence-corrected chi connectivity index (χ4v) is 5.24. The molecule has 2 saturated heterocycles. The number of halogens is 1. The molecule has 2 fully saturated rings. The second-order valence-corrected chi connectivity index (χ2v) is 7.71. The lowest BCUT2D eigenvalue weighted by molar-refractivity contribution is 0.0696. The van der Waals surface area contributed by atoms with Gasteiger partial charge in [-0.05, 0) is 43.9 Å². The Labute approximate surface area is 138 Å². The summed E-state index contributed by atoms with van der Waals surface area (Å²) in [5.74, 6) is -2.04. The van der Waals surface area contributed by atoms with Gasteiger partial charge in [-0.1, -0.05) is 11.6 Å². The zero-order valence-electron chi connectivity index (χ0n) is 12.0. The zero-order valence-corrected chi connectivity index (χ0v) is 13.6. The number of amides is 1. The van der Waals surface area contributed by atoms with Gasteiger partial charge in [0.15, 0.2) is 0 Å². The normalized spacial score (nSPS) is 23.9. The van der Waals surface area contributed by atoms with Gasteiger partial charge < -0.3 is 5.11 Å². The minimum absolute atomic E-state index is 0.00452. The lowest BCUT2D eigenvalue weighted by Crippen LogP contribution is -2.45. The van der Waals surface area contributed by atoms with Crippen molar-refractivity contribution in [2.45, 2.75) is 37.8 Å². The van der Waals surface area contributed by atoms with Crippen LogP contribution in [0.25, 0.3) is 0 Å². The fraction of sp³-hybridized carbons (Fsp3) is 0.429. The van der Waals surface area contributed by atoms with Gasteiger partial charge in [0, 0.05) is 17.6 Å². The quantitative estimate of drug-likeness (QED) is 0.851. The molecule has 1 amide bonds. The molecular weight excluding hydrogens is 344 g/mol. The van der Waals surface area contributed by atoms with E-state index in [0.717, 1.165) is 31.7 Å². The van der Waals surface area contributed by atoms with Crippen molar-refractivity contribution in [3.63, 3.8) is 0 Å². The number of rotatable bonds is 4. The first-order chi connectivity index (χ1) is 10.8. The Bertz CT molecular complexity index is 759. The molecule has 0 atom stereocenters. The molecule has 0 radical (unpaired) electrons. The summed E-state index contributed by atoms with van der Waals surface area (Å²) in [6.45, 7) is 0. The molecular formula is C14H15ClN2O5S. The molecule has 1 aromatic rings.